The highest BCUT2D eigenvalue weighted by atomic mass is 32.2. The Kier molecular flexibility index (Phi) is 5.03. The molecule has 0 N–H and O–H groups in total. The van der Waals surface area contributed by atoms with Gasteiger partial charge in [-0.2, -0.15) is 4.98 Å². The van der Waals surface area contributed by atoms with E-state index >= 15 is 0 Å². The molecule has 3 rings (SSSR count). The summed E-state index contributed by atoms with van der Waals surface area (Å²) in [7, 11) is -3.13. The summed E-state index contributed by atoms with van der Waals surface area (Å²) in [4.78, 5) is 16.1. The molecule has 1 aliphatic heterocycles. The second-order valence-electron chi connectivity index (χ2n) is 5.65. The molecule has 1 atom stereocenters. The fourth-order valence-electron chi connectivity index (χ4n) is 2.59. The molecule has 8 nitrogen and oxygen atoms in total. The molecular weight excluding hydrogens is 348 g/mol. The van der Waals surface area contributed by atoms with E-state index in [1.165, 1.54) is 0 Å². The Balaban J connectivity index is 1.64. The van der Waals surface area contributed by atoms with E-state index < -0.39 is 21.7 Å². The lowest BCUT2D eigenvalue weighted by Gasteiger charge is -2.06. The van der Waals surface area contributed by atoms with E-state index in [9.17, 15) is 13.2 Å². The van der Waals surface area contributed by atoms with Crippen molar-refractivity contribution in [1.82, 2.24) is 10.1 Å². The number of carbonyl (C=O) groups is 1. The first-order valence-electron chi connectivity index (χ1n) is 7.90. The Hall–Kier alpha value is -2.42. The molecule has 0 saturated carbocycles. The molecule has 25 heavy (non-hydrogen) atoms. The van der Waals surface area contributed by atoms with E-state index in [0.717, 1.165) is 0 Å². The second kappa shape index (κ2) is 7.22. The maximum atomic E-state index is 11.9. The number of sulfone groups is 1. The number of esters is 1. The zero-order chi connectivity index (χ0) is 17.9. The highest BCUT2D eigenvalue weighted by molar-refractivity contribution is 7.91. The minimum absolute atomic E-state index is 0.0195. The fraction of sp³-hybridized carbons (Fsp3) is 0.438. The minimum Gasteiger partial charge on any atom is -0.493 e. The zero-order valence-electron chi connectivity index (χ0n) is 13.7. The van der Waals surface area contributed by atoms with Gasteiger partial charge in [0.25, 0.3) is 5.89 Å². The summed E-state index contributed by atoms with van der Waals surface area (Å²) in [5.41, 5.74) is 0.674. The molecule has 2 aromatic rings. The van der Waals surface area contributed by atoms with Crippen molar-refractivity contribution in [3.05, 3.63) is 30.2 Å². The average Bonchev–Trinajstić information content (AvgIpc) is 3.20. The van der Waals surface area contributed by atoms with Gasteiger partial charge < -0.3 is 14.0 Å². The lowest BCUT2D eigenvalue weighted by molar-refractivity contribution is -0.149. The smallest absolute Gasteiger partial charge is 0.310 e. The van der Waals surface area contributed by atoms with Crippen LogP contribution in [0.1, 0.15) is 19.2 Å². The number of hydrogen-bond acceptors (Lipinski definition) is 8. The van der Waals surface area contributed by atoms with Crippen molar-refractivity contribution in [2.75, 3.05) is 18.1 Å². The fourth-order valence-corrected chi connectivity index (χ4v) is 4.31. The summed E-state index contributed by atoms with van der Waals surface area (Å²) in [6.07, 6.45) is 0.290. The van der Waals surface area contributed by atoms with E-state index in [0.29, 0.717) is 23.7 Å². The molecule has 0 aliphatic carbocycles. The third kappa shape index (κ3) is 4.16. The van der Waals surface area contributed by atoms with Crippen LogP contribution in [0.4, 0.5) is 0 Å². The Morgan fingerprint density at radius 1 is 1.36 bits per heavy atom. The van der Waals surface area contributed by atoms with E-state index in [2.05, 4.69) is 10.1 Å². The van der Waals surface area contributed by atoms with Crippen molar-refractivity contribution in [2.24, 2.45) is 5.92 Å². The summed E-state index contributed by atoms with van der Waals surface area (Å²) < 4.78 is 38.5. The second-order valence-corrected chi connectivity index (χ2v) is 7.88. The molecule has 2 heterocycles. The molecule has 1 fully saturated rings. The molecule has 1 unspecified atom stereocenters. The molecule has 0 spiro atoms. The largest absolute Gasteiger partial charge is 0.493 e. The first-order valence-corrected chi connectivity index (χ1v) is 9.72. The maximum absolute atomic E-state index is 11.9. The highest BCUT2D eigenvalue weighted by Crippen LogP contribution is 2.27. The first kappa shape index (κ1) is 17.4. The van der Waals surface area contributed by atoms with Gasteiger partial charge in [0.05, 0.1) is 29.6 Å². The van der Waals surface area contributed by atoms with Crippen LogP contribution in [0.2, 0.25) is 0 Å². The number of para-hydroxylation sites is 1. The monoisotopic (exact) mass is 366 g/mol. The standard InChI is InChI=1S/C16H18N2O6S/c1-2-22-13-6-4-3-5-12(13)15-17-14(24-18-15)9-23-16(19)11-7-8-25(20,21)10-11/h3-6,11H,2,7-10H2,1H3. The minimum atomic E-state index is -3.13. The number of rotatable bonds is 6. The van der Waals surface area contributed by atoms with Gasteiger partial charge in [0.1, 0.15) is 5.75 Å². The SMILES string of the molecule is CCOc1ccccc1-c1noc(COC(=O)C2CCS(=O)(=O)C2)n1. The molecule has 0 bridgehead atoms. The Morgan fingerprint density at radius 2 is 2.16 bits per heavy atom. The lowest BCUT2D eigenvalue weighted by atomic mass is 10.1. The van der Waals surface area contributed by atoms with Crippen LogP contribution < -0.4 is 4.74 Å². The predicted octanol–water partition coefficient (Wildman–Crippen LogP) is 1.61. The Morgan fingerprint density at radius 3 is 2.88 bits per heavy atom. The van der Waals surface area contributed by atoms with Crippen LogP contribution in [0, 0.1) is 5.92 Å². The normalized spacial score (nSPS) is 18.8. The van der Waals surface area contributed by atoms with E-state index in [4.69, 9.17) is 14.0 Å². The van der Waals surface area contributed by atoms with Gasteiger partial charge in [-0.05, 0) is 25.5 Å². The van der Waals surface area contributed by atoms with Gasteiger partial charge in [-0.15, -0.1) is 0 Å². The molecular formula is C16H18N2O6S. The van der Waals surface area contributed by atoms with Crippen LogP contribution in [0.5, 0.6) is 5.75 Å². The predicted molar refractivity (Wildman–Crippen MR) is 87.5 cm³/mol. The summed E-state index contributed by atoms with van der Waals surface area (Å²) in [6, 6.07) is 7.27. The van der Waals surface area contributed by atoms with Crippen molar-refractivity contribution < 1.29 is 27.2 Å². The quantitative estimate of drug-likeness (QED) is 0.710. The van der Waals surface area contributed by atoms with Gasteiger partial charge in [-0.3, -0.25) is 4.79 Å². The summed E-state index contributed by atoms with van der Waals surface area (Å²) >= 11 is 0. The van der Waals surface area contributed by atoms with Gasteiger partial charge in [-0.1, -0.05) is 17.3 Å². The highest BCUT2D eigenvalue weighted by Gasteiger charge is 2.34. The van der Waals surface area contributed by atoms with Crippen LogP contribution in [0.15, 0.2) is 28.8 Å². The molecule has 9 heteroatoms. The third-order valence-electron chi connectivity index (χ3n) is 3.80. The van der Waals surface area contributed by atoms with Crippen LogP contribution >= 0.6 is 0 Å². The molecule has 134 valence electrons. The number of nitrogens with zero attached hydrogens (tertiary/aromatic N) is 2. The van der Waals surface area contributed by atoms with Gasteiger partial charge in [0, 0.05) is 0 Å². The summed E-state index contributed by atoms with van der Waals surface area (Å²) in [5, 5.41) is 3.87. The molecule has 0 amide bonds. The zero-order valence-corrected chi connectivity index (χ0v) is 14.5. The van der Waals surface area contributed by atoms with Crippen molar-refractivity contribution >= 4 is 15.8 Å². The van der Waals surface area contributed by atoms with Crippen molar-refractivity contribution in [3.63, 3.8) is 0 Å². The number of hydrogen-bond donors (Lipinski definition) is 0. The van der Waals surface area contributed by atoms with Crippen molar-refractivity contribution in [3.8, 4) is 17.1 Å². The molecule has 1 aliphatic rings. The van der Waals surface area contributed by atoms with Crippen LogP contribution in [0.25, 0.3) is 11.4 Å². The first-order chi connectivity index (χ1) is 12.0. The lowest BCUT2D eigenvalue weighted by Crippen LogP contribution is -2.18. The van der Waals surface area contributed by atoms with Gasteiger partial charge in [0.15, 0.2) is 16.4 Å². The Labute approximate surface area is 145 Å². The average molecular weight is 366 g/mol. The van der Waals surface area contributed by atoms with Crippen LogP contribution in [0.3, 0.4) is 0 Å². The van der Waals surface area contributed by atoms with E-state index in [1.807, 2.05) is 19.1 Å². The van der Waals surface area contributed by atoms with E-state index in [-0.39, 0.29) is 30.4 Å². The number of carbonyl (C=O) groups excluding carboxylic acids is 1. The molecule has 1 aromatic carbocycles. The molecule has 0 radical (unpaired) electrons. The number of benzene rings is 1. The number of aromatic nitrogens is 2. The molecule has 1 aromatic heterocycles. The summed E-state index contributed by atoms with van der Waals surface area (Å²) in [6.45, 7) is 2.18. The van der Waals surface area contributed by atoms with Crippen molar-refractivity contribution in [1.29, 1.82) is 0 Å². The third-order valence-corrected chi connectivity index (χ3v) is 5.57. The molecule has 1 saturated heterocycles. The summed E-state index contributed by atoms with van der Waals surface area (Å²) in [5.74, 6) is -0.227. The van der Waals surface area contributed by atoms with Gasteiger partial charge >= 0.3 is 5.97 Å². The van der Waals surface area contributed by atoms with Crippen molar-refractivity contribution in [2.45, 2.75) is 20.0 Å². The Bertz CT molecular complexity index is 861. The van der Waals surface area contributed by atoms with Gasteiger partial charge in [-0.25, -0.2) is 8.42 Å². The number of ether oxygens (including phenoxy) is 2. The van der Waals surface area contributed by atoms with Crippen LogP contribution in [-0.4, -0.2) is 42.6 Å². The topological polar surface area (TPSA) is 109 Å². The van der Waals surface area contributed by atoms with Crippen LogP contribution in [-0.2, 0) is 26.0 Å². The maximum Gasteiger partial charge on any atom is 0.310 e. The van der Waals surface area contributed by atoms with Gasteiger partial charge in [0.2, 0.25) is 5.82 Å². The van der Waals surface area contributed by atoms with E-state index in [1.54, 1.807) is 12.1 Å².